The number of hydrogen-bond acceptors (Lipinski definition) is 5. The van der Waals surface area contributed by atoms with Crippen LogP contribution in [0.4, 0.5) is 4.79 Å². The standard InChI is InChI=1S/C39H42N2O5/c1-3-35(42)31-19-11-17-29(21-31)25-40-33(23-27-13-7-5-8-14-27)37(44)38(45)34(24-28-15-9-6-10-16-28)41(39(40)46)26-30-18-12-20-32(22-30)36(43)4-2/h5-22,33-34,37-38,44-45H,3-4,23-26H2,1-2H3/t33-,34-,37+,38+/m1/s1. The minimum atomic E-state index is -1.27. The minimum absolute atomic E-state index is 0.00592. The fraction of sp³-hybridized carbons (Fsp3) is 0.308. The average Bonchev–Trinajstić information content (AvgIpc) is 3.15. The fourth-order valence-electron chi connectivity index (χ4n) is 6.30. The lowest BCUT2D eigenvalue weighted by atomic mass is 9.90. The summed E-state index contributed by atoms with van der Waals surface area (Å²) in [6.07, 6.45) is -1.16. The minimum Gasteiger partial charge on any atom is -0.388 e. The first-order chi connectivity index (χ1) is 22.3. The van der Waals surface area contributed by atoms with Gasteiger partial charge in [-0.1, -0.05) is 111 Å². The zero-order valence-electron chi connectivity index (χ0n) is 26.5. The highest BCUT2D eigenvalue weighted by molar-refractivity contribution is 5.96. The van der Waals surface area contributed by atoms with Gasteiger partial charge in [-0.2, -0.15) is 0 Å². The van der Waals surface area contributed by atoms with E-state index in [9.17, 15) is 24.6 Å². The summed E-state index contributed by atoms with van der Waals surface area (Å²) in [5.41, 5.74) is 4.49. The molecule has 238 valence electrons. The number of nitrogens with zero attached hydrogens (tertiary/aromatic N) is 2. The predicted octanol–water partition coefficient (Wildman–Crippen LogP) is 6.25. The maximum absolute atomic E-state index is 14.9. The molecule has 0 spiro atoms. The maximum Gasteiger partial charge on any atom is 0.321 e. The molecule has 0 bridgehead atoms. The number of aliphatic hydroxyl groups is 2. The Bertz CT molecular complexity index is 1520. The summed E-state index contributed by atoms with van der Waals surface area (Å²) in [6.45, 7) is 3.89. The van der Waals surface area contributed by atoms with Crippen LogP contribution in [0, 0.1) is 0 Å². The van der Waals surface area contributed by atoms with E-state index in [1.807, 2.05) is 98.8 Å². The van der Waals surface area contributed by atoms with Crippen LogP contribution in [0.1, 0.15) is 69.7 Å². The Balaban J connectivity index is 1.60. The summed E-state index contributed by atoms with van der Waals surface area (Å²) < 4.78 is 0. The number of amides is 2. The van der Waals surface area contributed by atoms with Crippen LogP contribution in [0.5, 0.6) is 0 Å². The summed E-state index contributed by atoms with van der Waals surface area (Å²) >= 11 is 0. The first-order valence-electron chi connectivity index (χ1n) is 16.0. The van der Waals surface area contributed by atoms with Crippen LogP contribution in [-0.2, 0) is 25.9 Å². The molecule has 4 aromatic carbocycles. The number of Topliss-reactive ketones (excluding diaryl/α,β-unsaturated/α-hetero) is 2. The number of urea groups is 1. The van der Waals surface area contributed by atoms with Crippen molar-refractivity contribution in [2.75, 3.05) is 0 Å². The van der Waals surface area contributed by atoms with Crippen molar-refractivity contribution in [3.63, 3.8) is 0 Å². The number of carbonyl (C=O) groups excluding carboxylic acids is 3. The smallest absolute Gasteiger partial charge is 0.321 e. The van der Waals surface area contributed by atoms with Gasteiger partial charge in [0.1, 0.15) is 12.2 Å². The maximum atomic E-state index is 14.9. The van der Waals surface area contributed by atoms with Gasteiger partial charge in [-0.15, -0.1) is 0 Å². The second-order valence-electron chi connectivity index (χ2n) is 12.0. The summed E-state index contributed by atoms with van der Waals surface area (Å²) in [4.78, 5) is 43.3. The molecule has 1 saturated heterocycles. The molecule has 1 heterocycles. The molecule has 2 amide bonds. The van der Waals surface area contributed by atoms with E-state index in [4.69, 9.17) is 0 Å². The molecule has 0 unspecified atom stereocenters. The highest BCUT2D eigenvalue weighted by Crippen LogP contribution is 2.30. The molecule has 2 N–H and O–H groups in total. The molecule has 46 heavy (non-hydrogen) atoms. The largest absolute Gasteiger partial charge is 0.388 e. The van der Waals surface area contributed by atoms with E-state index in [0.29, 0.717) is 36.8 Å². The van der Waals surface area contributed by atoms with Crippen molar-refractivity contribution in [2.45, 2.75) is 76.9 Å². The Morgan fingerprint density at radius 1 is 0.565 bits per heavy atom. The molecule has 0 saturated carbocycles. The van der Waals surface area contributed by atoms with Crippen molar-refractivity contribution >= 4 is 17.6 Å². The van der Waals surface area contributed by atoms with Gasteiger partial charge in [0.05, 0.1) is 12.1 Å². The molecule has 0 aliphatic carbocycles. The van der Waals surface area contributed by atoms with Crippen LogP contribution in [0.3, 0.4) is 0 Å². The van der Waals surface area contributed by atoms with Gasteiger partial charge >= 0.3 is 6.03 Å². The van der Waals surface area contributed by atoms with Gasteiger partial charge in [-0.05, 0) is 47.2 Å². The van der Waals surface area contributed by atoms with E-state index in [-0.39, 0.29) is 30.7 Å². The van der Waals surface area contributed by atoms with E-state index in [0.717, 1.165) is 22.3 Å². The van der Waals surface area contributed by atoms with Crippen molar-refractivity contribution in [2.24, 2.45) is 0 Å². The van der Waals surface area contributed by atoms with Crippen LogP contribution in [-0.4, -0.2) is 61.9 Å². The average molecular weight is 619 g/mol. The Hall–Kier alpha value is -4.59. The van der Waals surface area contributed by atoms with E-state index in [2.05, 4.69) is 0 Å². The third-order valence-electron chi connectivity index (χ3n) is 8.85. The summed E-state index contributed by atoms with van der Waals surface area (Å²) in [5, 5.41) is 23.9. The molecule has 1 aliphatic rings. The third kappa shape index (κ3) is 7.61. The second-order valence-corrected chi connectivity index (χ2v) is 12.0. The van der Waals surface area contributed by atoms with Crippen molar-refractivity contribution in [1.29, 1.82) is 0 Å². The number of aliphatic hydroxyl groups excluding tert-OH is 2. The highest BCUT2D eigenvalue weighted by atomic mass is 16.3. The van der Waals surface area contributed by atoms with Gasteiger partial charge in [0, 0.05) is 37.1 Å². The van der Waals surface area contributed by atoms with Crippen LogP contribution >= 0.6 is 0 Å². The first kappa shape index (κ1) is 32.8. The zero-order chi connectivity index (χ0) is 32.6. The van der Waals surface area contributed by atoms with Gasteiger partial charge < -0.3 is 20.0 Å². The molecule has 7 heteroatoms. The number of ketones is 2. The van der Waals surface area contributed by atoms with Crippen molar-refractivity contribution in [1.82, 2.24) is 9.80 Å². The van der Waals surface area contributed by atoms with Crippen LogP contribution in [0.2, 0.25) is 0 Å². The molecular formula is C39H42N2O5. The molecule has 0 radical (unpaired) electrons. The van der Waals surface area contributed by atoms with Gasteiger partial charge in [0.15, 0.2) is 11.6 Å². The van der Waals surface area contributed by atoms with Crippen molar-refractivity contribution < 1.29 is 24.6 Å². The third-order valence-corrected chi connectivity index (χ3v) is 8.85. The number of rotatable bonds is 12. The molecule has 1 aliphatic heterocycles. The monoisotopic (exact) mass is 618 g/mol. The van der Waals surface area contributed by atoms with Crippen LogP contribution in [0.25, 0.3) is 0 Å². The van der Waals surface area contributed by atoms with Gasteiger partial charge in [-0.3, -0.25) is 9.59 Å². The van der Waals surface area contributed by atoms with E-state index in [1.54, 1.807) is 34.1 Å². The molecular weight excluding hydrogens is 576 g/mol. The molecule has 0 aromatic heterocycles. The molecule has 5 rings (SSSR count). The number of hydrogen-bond donors (Lipinski definition) is 2. The van der Waals surface area contributed by atoms with Crippen molar-refractivity contribution in [3.8, 4) is 0 Å². The van der Waals surface area contributed by atoms with E-state index in [1.165, 1.54) is 0 Å². The lowest BCUT2D eigenvalue weighted by molar-refractivity contribution is -0.0408. The summed E-state index contributed by atoms with van der Waals surface area (Å²) in [5.74, 6) is 0.0118. The van der Waals surface area contributed by atoms with Crippen LogP contribution < -0.4 is 0 Å². The Morgan fingerprint density at radius 3 is 1.30 bits per heavy atom. The van der Waals surface area contributed by atoms with E-state index >= 15 is 0 Å². The van der Waals surface area contributed by atoms with Gasteiger partial charge in [0.2, 0.25) is 0 Å². The van der Waals surface area contributed by atoms with Gasteiger partial charge in [0.25, 0.3) is 0 Å². The molecule has 4 aromatic rings. The van der Waals surface area contributed by atoms with Crippen LogP contribution in [0.15, 0.2) is 109 Å². The molecule has 4 atom stereocenters. The Labute approximate surface area is 271 Å². The first-order valence-corrected chi connectivity index (χ1v) is 16.0. The number of carbonyl (C=O) groups is 3. The highest BCUT2D eigenvalue weighted by Gasteiger charge is 2.46. The fourth-order valence-corrected chi connectivity index (χ4v) is 6.30. The lowest BCUT2D eigenvalue weighted by Crippen LogP contribution is -2.50. The quantitative estimate of drug-likeness (QED) is 0.183. The zero-order valence-corrected chi connectivity index (χ0v) is 26.5. The number of benzene rings is 4. The predicted molar refractivity (Wildman–Crippen MR) is 178 cm³/mol. The molecule has 7 nitrogen and oxygen atoms in total. The summed E-state index contributed by atoms with van der Waals surface area (Å²) in [7, 11) is 0. The van der Waals surface area contributed by atoms with Gasteiger partial charge in [-0.25, -0.2) is 4.79 Å². The Kier molecular flexibility index (Phi) is 10.8. The SMILES string of the molecule is CCC(=O)c1cccc(CN2C(=O)N(Cc3cccc(C(=O)CC)c3)[C@H](Cc3ccccc3)[C@H](O)[C@@H](O)[C@H]2Cc2ccccc2)c1. The second kappa shape index (κ2) is 15.1. The van der Waals surface area contributed by atoms with Crippen molar-refractivity contribution in [3.05, 3.63) is 143 Å². The Morgan fingerprint density at radius 2 is 0.935 bits per heavy atom. The molecule has 1 fully saturated rings. The topological polar surface area (TPSA) is 98.2 Å². The normalized spacial score (nSPS) is 20.0. The lowest BCUT2D eigenvalue weighted by Gasteiger charge is -2.36. The van der Waals surface area contributed by atoms with E-state index < -0.39 is 24.3 Å². The summed E-state index contributed by atoms with van der Waals surface area (Å²) in [6, 6.07) is 31.9.